The van der Waals surface area contributed by atoms with Crippen LogP contribution in [0.15, 0.2) is 54.7 Å². The summed E-state index contributed by atoms with van der Waals surface area (Å²) < 4.78 is 0. The van der Waals surface area contributed by atoms with Gasteiger partial charge >= 0.3 is 0 Å². The molecule has 28 heavy (non-hydrogen) atoms. The first-order valence-corrected chi connectivity index (χ1v) is 9.04. The van der Waals surface area contributed by atoms with Crippen molar-refractivity contribution in [2.45, 2.75) is 19.4 Å². The molecule has 1 atom stereocenters. The molecule has 0 aliphatic rings. The van der Waals surface area contributed by atoms with Crippen LogP contribution in [0.3, 0.4) is 0 Å². The predicted molar refractivity (Wildman–Crippen MR) is 110 cm³/mol. The maximum Gasteiger partial charge on any atom is 0.249 e. The molecule has 1 amide bonds. The van der Waals surface area contributed by atoms with E-state index in [1.807, 2.05) is 13.0 Å². The molecule has 0 aliphatic heterocycles. The molecular weight excluding hydrogens is 354 g/mol. The monoisotopic (exact) mass is 377 g/mol. The fourth-order valence-electron chi connectivity index (χ4n) is 2.80. The van der Waals surface area contributed by atoms with E-state index in [2.05, 4.69) is 15.3 Å². The van der Waals surface area contributed by atoms with E-state index in [4.69, 9.17) is 11.5 Å². The number of benzene rings is 2. The average Bonchev–Trinajstić information content (AvgIpc) is 2.72. The molecule has 0 saturated heterocycles. The number of carbonyl (C=O) groups excluding carboxylic acids is 1. The zero-order valence-electron chi connectivity index (χ0n) is 15.6. The summed E-state index contributed by atoms with van der Waals surface area (Å²) in [6.45, 7) is 2.61. The minimum Gasteiger partial charge on any atom is -0.507 e. The molecule has 0 spiro atoms. The van der Waals surface area contributed by atoms with Crippen LogP contribution in [0.5, 0.6) is 5.75 Å². The summed E-state index contributed by atoms with van der Waals surface area (Å²) in [5.41, 5.74) is 13.7. The second-order valence-electron chi connectivity index (χ2n) is 6.46. The third-order valence-electron chi connectivity index (χ3n) is 4.47. The van der Waals surface area contributed by atoms with Gasteiger partial charge < -0.3 is 21.9 Å². The Balaban J connectivity index is 1.98. The van der Waals surface area contributed by atoms with Gasteiger partial charge in [0.05, 0.1) is 5.56 Å². The van der Waals surface area contributed by atoms with Crippen molar-refractivity contribution in [1.82, 2.24) is 9.97 Å². The number of carbonyl (C=O) groups is 1. The Bertz CT molecular complexity index is 990. The van der Waals surface area contributed by atoms with Crippen LogP contribution in [0, 0.1) is 0 Å². The molecule has 0 radical (unpaired) electrons. The highest BCUT2D eigenvalue weighted by atomic mass is 16.3. The lowest BCUT2D eigenvalue weighted by Crippen LogP contribution is -2.28. The zero-order chi connectivity index (χ0) is 20.1. The lowest BCUT2D eigenvalue weighted by molar-refractivity contribution is 0.100. The number of nitrogens with two attached hydrogens (primary N) is 2. The molecule has 0 saturated carbocycles. The average molecular weight is 377 g/mol. The summed E-state index contributed by atoms with van der Waals surface area (Å²) in [5, 5.41) is 13.5. The number of nitrogens with zero attached hydrogens (tertiary/aromatic N) is 2. The van der Waals surface area contributed by atoms with Crippen molar-refractivity contribution in [2.24, 2.45) is 11.5 Å². The molecule has 0 aliphatic carbocycles. The molecule has 3 aromatic rings. The van der Waals surface area contributed by atoms with E-state index in [0.29, 0.717) is 34.9 Å². The van der Waals surface area contributed by atoms with Crippen molar-refractivity contribution >= 4 is 11.7 Å². The molecule has 2 aromatic carbocycles. The number of primary amides is 1. The molecule has 1 heterocycles. The summed E-state index contributed by atoms with van der Waals surface area (Å²) in [4.78, 5) is 20.5. The molecule has 7 heteroatoms. The van der Waals surface area contributed by atoms with Crippen molar-refractivity contribution in [3.05, 3.63) is 60.3 Å². The maximum atomic E-state index is 11.7. The highest BCUT2D eigenvalue weighted by Gasteiger charge is 2.14. The van der Waals surface area contributed by atoms with Gasteiger partial charge in [0.15, 0.2) is 5.82 Å². The largest absolute Gasteiger partial charge is 0.507 e. The second kappa shape index (κ2) is 8.49. The fourth-order valence-corrected chi connectivity index (χ4v) is 2.80. The smallest absolute Gasteiger partial charge is 0.249 e. The van der Waals surface area contributed by atoms with Crippen LogP contribution in [-0.4, -0.2) is 33.6 Å². The topological polar surface area (TPSA) is 127 Å². The standard InChI is InChI=1S/C21H23N5O2/c1-2-14(22)12-25-19-9-10-24-21(26-19)17-11-13(7-8-18(17)27)15-5-3-4-6-16(15)20(23)28/h3-11,14,27H,2,12,22H2,1H3,(H2,23,28)(H,24,25,26)/t14-/m1/s1. The molecular formula is C21H23N5O2. The normalized spacial score (nSPS) is 11.8. The first-order valence-electron chi connectivity index (χ1n) is 9.04. The minimum atomic E-state index is -0.514. The lowest BCUT2D eigenvalue weighted by Gasteiger charge is -2.12. The summed E-state index contributed by atoms with van der Waals surface area (Å²) in [6, 6.07) is 13.9. The van der Waals surface area contributed by atoms with E-state index >= 15 is 0 Å². The summed E-state index contributed by atoms with van der Waals surface area (Å²) in [5.74, 6) is 0.518. The quantitative estimate of drug-likeness (QED) is 0.501. The van der Waals surface area contributed by atoms with Crippen LogP contribution >= 0.6 is 0 Å². The van der Waals surface area contributed by atoms with Crippen molar-refractivity contribution in [2.75, 3.05) is 11.9 Å². The summed E-state index contributed by atoms with van der Waals surface area (Å²) in [6.07, 6.45) is 2.47. The number of anilines is 1. The Morgan fingerprint density at radius 3 is 2.71 bits per heavy atom. The molecule has 144 valence electrons. The van der Waals surface area contributed by atoms with E-state index in [0.717, 1.165) is 12.0 Å². The molecule has 6 N–H and O–H groups in total. The van der Waals surface area contributed by atoms with Crippen molar-refractivity contribution in [3.8, 4) is 28.3 Å². The second-order valence-corrected chi connectivity index (χ2v) is 6.46. The van der Waals surface area contributed by atoms with Gasteiger partial charge in [-0.1, -0.05) is 31.2 Å². The van der Waals surface area contributed by atoms with E-state index in [9.17, 15) is 9.90 Å². The number of aromatic nitrogens is 2. The van der Waals surface area contributed by atoms with Crippen LogP contribution < -0.4 is 16.8 Å². The van der Waals surface area contributed by atoms with Gasteiger partial charge in [-0.3, -0.25) is 4.79 Å². The van der Waals surface area contributed by atoms with Gasteiger partial charge in [-0.25, -0.2) is 9.97 Å². The van der Waals surface area contributed by atoms with Gasteiger partial charge in [0.25, 0.3) is 0 Å². The third-order valence-corrected chi connectivity index (χ3v) is 4.47. The number of hydrogen-bond acceptors (Lipinski definition) is 6. The predicted octanol–water partition coefficient (Wildman–Crippen LogP) is 2.76. The molecule has 0 bridgehead atoms. The zero-order valence-corrected chi connectivity index (χ0v) is 15.6. The van der Waals surface area contributed by atoms with Gasteiger partial charge in [-0.2, -0.15) is 0 Å². The van der Waals surface area contributed by atoms with Crippen molar-refractivity contribution in [3.63, 3.8) is 0 Å². The van der Waals surface area contributed by atoms with Crippen LogP contribution in [0.4, 0.5) is 5.82 Å². The Kier molecular flexibility index (Phi) is 5.86. The number of amides is 1. The van der Waals surface area contributed by atoms with Crippen molar-refractivity contribution in [1.29, 1.82) is 0 Å². The number of hydrogen-bond donors (Lipinski definition) is 4. The van der Waals surface area contributed by atoms with E-state index < -0.39 is 5.91 Å². The Labute approximate surface area is 163 Å². The Morgan fingerprint density at radius 2 is 1.96 bits per heavy atom. The number of phenols is 1. The van der Waals surface area contributed by atoms with Gasteiger partial charge in [-0.15, -0.1) is 0 Å². The summed E-state index contributed by atoms with van der Waals surface area (Å²) >= 11 is 0. The SMILES string of the molecule is CC[C@@H](N)CNc1ccnc(-c2cc(-c3ccccc3C(N)=O)ccc2O)n1. The first kappa shape index (κ1) is 19.3. The Morgan fingerprint density at radius 1 is 1.18 bits per heavy atom. The van der Waals surface area contributed by atoms with Crippen LogP contribution in [0.1, 0.15) is 23.7 Å². The van der Waals surface area contributed by atoms with E-state index in [-0.39, 0.29) is 11.8 Å². The molecule has 0 fully saturated rings. The minimum absolute atomic E-state index is 0.0282. The Hall–Kier alpha value is -3.45. The van der Waals surface area contributed by atoms with Gasteiger partial charge in [0.2, 0.25) is 5.91 Å². The molecule has 7 nitrogen and oxygen atoms in total. The number of phenolic OH excluding ortho intramolecular Hbond substituents is 1. The third kappa shape index (κ3) is 4.27. The van der Waals surface area contributed by atoms with Gasteiger partial charge in [-0.05, 0) is 41.8 Å². The highest BCUT2D eigenvalue weighted by molar-refractivity contribution is 6.00. The first-order chi connectivity index (χ1) is 13.5. The highest BCUT2D eigenvalue weighted by Crippen LogP contribution is 2.33. The summed E-state index contributed by atoms with van der Waals surface area (Å²) in [7, 11) is 0. The fraction of sp³-hybridized carbons (Fsp3) is 0.190. The van der Waals surface area contributed by atoms with Crippen LogP contribution in [0.2, 0.25) is 0 Å². The van der Waals surface area contributed by atoms with Crippen LogP contribution in [-0.2, 0) is 0 Å². The number of aromatic hydroxyl groups is 1. The maximum absolute atomic E-state index is 11.7. The molecule has 0 unspecified atom stereocenters. The van der Waals surface area contributed by atoms with Crippen molar-refractivity contribution < 1.29 is 9.90 Å². The van der Waals surface area contributed by atoms with E-state index in [1.165, 1.54) is 0 Å². The molecule has 1 aromatic heterocycles. The van der Waals surface area contributed by atoms with Crippen LogP contribution in [0.25, 0.3) is 22.5 Å². The number of rotatable bonds is 7. The number of nitrogens with one attached hydrogen (secondary N) is 1. The molecule has 3 rings (SSSR count). The van der Waals surface area contributed by atoms with Gasteiger partial charge in [0, 0.05) is 24.3 Å². The van der Waals surface area contributed by atoms with E-state index in [1.54, 1.807) is 48.7 Å². The van der Waals surface area contributed by atoms with Gasteiger partial charge in [0.1, 0.15) is 11.6 Å². The lowest BCUT2D eigenvalue weighted by atomic mass is 9.97.